The van der Waals surface area contributed by atoms with Gasteiger partial charge in [-0.1, -0.05) is 34.8 Å². The van der Waals surface area contributed by atoms with Crippen LogP contribution >= 0.6 is 34.8 Å². The first-order chi connectivity index (χ1) is 13.0. The van der Waals surface area contributed by atoms with Gasteiger partial charge in [-0.2, -0.15) is 13.2 Å². The Bertz CT molecular complexity index is 920. The van der Waals surface area contributed by atoms with Crippen molar-refractivity contribution in [3.8, 4) is 5.75 Å². The summed E-state index contributed by atoms with van der Waals surface area (Å²) in [7, 11) is 0. The number of rotatable bonds is 5. The molecule has 0 aromatic heterocycles. The van der Waals surface area contributed by atoms with E-state index in [4.69, 9.17) is 39.5 Å². The monoisotopic (exact) mass is 454 g/mol. The number of amides is 2. The van der Waals surface area contributed by atoms with Crippen molar-refractivity contribution >= 4 is 58.0 Å². The summed E-state index contributed by atoms with van der Waals surface area (Å²) in [6.45, 7) is 0.603. The second-order valence-electron chi connectivity index (χ2n) is 5.47. The smallest absolute Gasteiger partial charge is 0.416 e. The van der Waals surface area contributed by atoms with E-state index in [-0.39, 0.29) is 32.2 Å². The lowest BCUT2D eigenvalue weighted by atomic mass is 10.1. The Kier molecular flexibility index (Phi) is 7.03. The zero-order valence-corrected chi connectivity index (χ0v) is 16.4. The number of halogens is 6. The Morgan fingerprint density at radius 3 is 2.21 bits per heavy atom. The van der Waals surface area contributed by atoms with Crippen molar-refractivity contribution in [2.75, 3.05) is 17.2 Å². The topological polar surface area (TPSA) is 67.4 Å². The fraction of sp³-hybridized carbons (Fsp3) is 0.176. The zero-order chi connectivity index (χ0) is 21.1. The number of carbonyl (C=O) groups excluding carboxylic acids is 2. The number of anilines is 2. The third-order valence-electron chi connectivity index (χ3n) is 3.27. The predicted octanol–water partition coefficient (Wildman–Crippen LogP) is 5.64. The van der Waals surface area contributed by atoms with Gasteiger partial charge in [0, 0.05) is 13.0 Å². The van der Waals surface area contributed by atoms with Crippen molar-refractivity contribution in [1.29, 1.82) is 0 Å². The lowest BCUT2D eigenvalue weighted by Gasteiger charge is -2.15. The van der Waals surface area contributed by atoms with Gasteiger partial charge in [0.05, 0.1) is 32.0 Å². The highest BCUT2D eigenvalue weighted by Crippen LogP contribution is 2.35. The lowest BCUT2D eigenvalue weighted by Crippen LogP contribution is -2.22. The minimum atomic E-state index is -4.63. The molecule has 0 heterocycles. The number of hydrogen-bond donors (Lipinski definition) is 2. The summed E-state index contributed by atoms with van der Waals surface area (Å²) in [5.41, 5.74) is -1.23. The number of alkyl halides is 3. The van der Waals surface area contributed by atoms with E-state index in [1.165, 1.54) is 19.1 Å². The van der Waals surface area contributed by atoms with Gasteiger partial charge in [-0.05, 0) is 24.3 Å². The average Bonchev–Trinajstić information content (AvgIpc) is 2.57. The number of hydrogen-bond acceptors (Lipinski definition) is 3. The molecule has 0 saturated heterocycles. The van der Waals surface area contributed by atoms with Gasteiger partial charge in [0.1, 0.15) is 5.75 Å². The molecule has 0 atom stereocenters. The maximum absolute atomic E-state index is 12.9. The summed E-state index contributed by atoms with van der Waals surface area (Å²) in [4.78, 5) is 23.3. The fourth-order valence-corrected chi connectivity index (χ4v) is 2.66. The van der Waals surface area contributed by atoms with E-state index in [0.717, 1.165) is 12.1 Å². The Balaban J connectivity index is 2.17. The molecule has 2 amide bonds. The molecule has 2 N–H and O–H groups in total. The Morgan fingerprint density at radius 2 is 1.61 bits per heavy atom. The van der Waals surface area contributed by atoms with E-state index < -0.39 is 30.2 Å². The molecule has 0 aliphatic carbocycles. The largest absolute Gasteiger partial charge is 0.482 e. The SMILES string of the molecule is CC(=O)Nc1ccc(C(F)(F)F)cc1NC(=O)COc1cc(Cl)c(Cl)cc1Cl. The molecule has 28 heavy (non-hydrogen) atoms. The second-order valence-corrected chi connectivity index (χ2v) is 6.69. The summed E-state index contributed by atoms with van der Waals surface area (Å²) in [6, 6.07) is 5.14. The highest BCUT2D eigenvalue weighted by molar-refractivity contribution is 6.43. The minimum absolute atomic E-state index is 0.00131. The molecule has 0 aliphatic rings. The molecule has 0 spiro atoms. The third-order valence-corrected chi connectivity index (χ3v) is 4.28. The molecular formula is C17H12Cl3F3N2O3. The molecule has 11 heteroatoms. The first-order valence-electron chi connectivity index (χ1n) is 7.53. The van der Waals surface area contributed by atoms with Crippen LogP contribution in [0.3, 0.4) is 0 Å². The quantitative estimate of drug-likeness (QED) is 0.573. The Labute approximate surface area is 172 Å². The van der Waals surface area contributed by atoms with Crippen LogP contribution in [0.2, 0.25) is 15.1 Å². The molecule has 5 nitrogen and oxygen atoms in total. The van der Waals surface area contributed by atoms with Crippen LogP contribution in [0.1, 0.15) is 12.5 Å². The molecule has 0 aliphatic heterocycles. The summed E-state index contributed by atoms with van der Waals surface area (Å²) >= 11 is 17.6. The number of ether oxygens (including phenoxy) is 1. The van der Waals surface area contributed by atoms with Crippen LogP contribution in [-0.4, -0.2) is 18.4 Å². The van der Waals surface area contributed by atoms with Gasteiger partial charge in [0.25, 0.3) is 5.91 Å². The summed E-state index contributed by atoms with van der Waals surface area (Å²) in [5, 5.41) is 5.03. The van der Waals surface area contributed by atoms with Gasteiger partial charge in [-0.3, -0.25) is 9.59 Å². The minimum Gasteiger partial charge on any atom is -0.482 e. The van der Waals surface area contributed by atoms with Crippen LogP contribution in [0.5, 0.6) is 5.75 Å². The summed E-state index contributed by atoms with van der Waals surface area (Å²) in [6.07, 6.45) is -4.63. The molecule has 0 unspecified atom stereocenters. The highest BCUT2D eigenvalue weighted by Gasteiger charge is 2.31. The number of carbonyl (C=O) groups is 2. The van der Waals surface area contributed by atoms with Gasteiger partial charge in [0.15, 0.2) is 6.61 Å². The molecule has 2 aromatic carbocycles. The van der Waals surface area contributed by atoms with Gasteiger partial charge in [0.2, 0.25) is 5.91 Å². The molecule has 150 valence electrons. The molecule has 2 rings (SSSR count). The summed E-state index contributed by atoms with van der Waals surface area (Å²) < 4.78 is 44.0. The van der Waals surface area contributed by atoms with Crippen LogP contribution in [0.25, 0.3) is 0 Å². The third kappa shape index (κ3) is 5.92. The van der Waals surface area contributed by atoms with Crippen molar-refractivity contribution in [1.82, 2.24) is 0 Å². The maximum Gasteiger partial charge on any atom is 0.416 e. The van der Waals surface area contributed by atoms with Crippen LogP contribution in [0.15, 0.2) is 30.3 Å². The van der Waals surface area contributed by atoms with E-state index in [1.807, 2.05) is 0 Å². The lowest BCUT2D eigenvalue weighted by molar-refractivity contribution is -0.137. The van der Waals surface area contributed by atoms with Crippen LogP contribution in [-0.2, 0) is 15.8 Å². The molecule has 0 fully saturated rings. The zero-order valence-electron chi connectivity index (χ0n) is 14.1. The van der Waals surface area contributed by atoms with Gasteiger partial charge in [-0.15, -0.1) is 0 Å². The van der Waals surface area contributed by atoms with E-state index in [2.05, 4.69) is 10.6 Å². The number of benzene rings is 2. The first kappa shape index (κ1) is 22.1. The van der Waals surface area contributed by atoms with E-state index in [9.17, 15) is 22.8 Å². The average molecular weight is 456 g/mol. The molecule has 0 saturated carbocycles. The maximum atomic E-state index is 12.9. The standard InChI is InChI=1S/C17H12Cl3F3N2O3/c1-8(26)24-13-3-2-9(17(21,22)23)4-14(13)25-16(27)7-28-15-6-11(19)10(18)5-12(15)20/h2-6H,7H2,1H3,(H,24,26)(H,25,27). The van der Waals surface area contributed by atoms with Gasteiger partial charge in [-0.25, -0.2) is 0 Å². The fourth-order valence-electron chi connectivity index (χ4n) is 2.07. The van der Waals surface area contributed by atoms with Crippen LogP contribution in [0.4, 0.5) is 24.5 Å². The predicted molar refractivity (Wildman–Crippen MR) is 101 cm³/mol. The molecular weight excluding hydrogens is 444 g/mol. The Hall–Kier alpha value is -2.16. The second kappa shape index (κ2) is 8.89. The number of nitrogens with one attached hydrogen (secondary N) is 2. The van der Waals surface area contributed by atoms with Crippen molar-refractivity contribution in [2.24, 2.45) is 0 Å². The Morgan fingerprint density at radius 1 is 0.964 bits per heavy atom. The molecule has 2 aromatic rings. The molecule has 0 bridgehead atoms. The normalized spacial score (nSPS) is 11.1. The van der Waals surface area contributed by atoms with E-state index >= 15 is 0 Å². The molecule has 0 radical (unpaired) electrons. The van der Waals surface area contributed by atoms with Crippen LogP contribution in [0, 0.1) is 0 Å². The van der Waals surface area contributed by atoms with Gasteiger partial charge >= 0.3 is 6.18 Å². The summed E-state index contributed by atoms with van der Waals surface area (Å²) in [5.74, 6) is -1.24. The van der Waals surface area contributed by atoms with Crippen molar-refractivity contribution in [3.63, 3.8) is 0 Å². The highest BCUT2D eigenvalue weighted by atomic mass is 35.5. The van der Waals surface area contributed by atoms with Gasteiger partial charge < -0.3 is 15.4 Å². The van der Waals surface area contributed by atoms with E-state index in [0.29, 0.717) is 6.07 Å². The van der Waals surface area contributed by atoms with Crippen molar-refractivity contribution in [3.05, 3.63) is 51.0 Å². The van der Waals surface area contributed by atoms with Crippen molar-refractivity contribution in [2.45, 2.75) is 13.1 Å². The van der Waals surface area contributed by atoms with E-state index in [1.54, 1.807) is 0 Å². The van der Waals surface area contributed by atoms with Crippen molar-refractivity contribution < 1.29 is 27.5 Å². The van der Waals surface area contributed by atoms with Crippen LogP contribution < -0.4 is 15.4 Å². The first-order valence-corrected chi connectivity index (χ1v) is 8.67.